The monoisotopic (exact) mass is 457 g/mol. The van der Waals surface area contributed by atoms with Crippen LogP contribution in [0.2, 0.25) is 0 Å². The lowest BCUT2D eigenvalue weighted by Crippen LogP contribution is -2.40. The van der Waals surface area contributed by atoms with Crippen molar-refractivity contribution in [3.8, 4) is 5.88 Å². The molecule has 2 aliphatic heterocycles. The lowest BCUT2D eigenvalue weighted by molar-refractivity contribution is -0.130. The van der Waals surface area contributed by atoms with Gasteiger partial charge >= 0.3 is 0 Å². The van der Waals surface area contributed by atoms with Gasteiger partial charge in [0.25, 0.3) is 11.5 Å². The Morgan fingerprint density at radius 3 is 2.79 bits per heavy atom. The summed E-state index contributed by atoms with van der Waals surface area (Å²) < 4.78 is 22.4. The number of hydrogen-bond donors (Lipinski definition) is 2. The third kappa shape index (κ3) is 3.60. The summed E-state index contributed by atoms with van der Waals surface area (Å²) in [6.45, 7) is 0.890. The molecule has 10 nitrogen and oxygen atoms in total. The first-order valence-corrected chi connectivity index (χ1v) is 11.3. The minimum atomic E-state index is -1.50. The van der Waals surface area contributed by atoms with E-state index in [9.17, 15) is 23.9 Å². The molecular formula is C22H24FN5O5. The van der Waals surface area contributed by atoms with Crippen LogP contribution in [-0.2, 0) is 16.1 Å². The smallest absolute Gasteiger partial charge is 0.291 e. The van der Waals surface area contributed by atoms with Gasteiger partial charge in [0.05, 0.1) is 31.0 Å². The van der Waals surface area contributed by atoms with E-state index >= 15 is 0 Å². The topological polar surface area (TPSA) is 118 Å². The van der Waals surface area contributed by atoms with Crippen molar-refractivity contribution in [3.05, 3.63) is 33.8 Å². The maximum Gasteiger partial charge on any atom is 0.291 e. The van der Waals surface area contributed by atoms with Gasteiger partial charge in [-0.1, -0.05) is 0 Å². The zero-order chi connectivity index (χ0) is 22.9. The highest BCUT2D eigenvalue weighted by Crippen LogP contribution is 2.42. The predicted octanol–water partition coefficient (Wildman–Crippen LogP) is 0.609. The number of carbonyl (C=O) groups excluding carboxylic acids is 2. The number of morpholine rings is 1. The molecule has 2 saturated carbocycles. The number of halogens is 1. The van der Waals surface area contributed by atoms with Gasteiger partial charge in [-0.25, -0.2) is 4.39 Å². The second-order valence-electron chi connectivity index (χ2n) is 9.50. The first-order valence-electron chi connectivity index (χ1n) is 11.3. The summed E-state index contributed by atoms with van der Waals surface area (Å²) in [7, 11) is 0. The number of alkyl halides is 1. The molecule has 11 heteroatoms. The molecule has 4 heterocycles. The number of aromatic nitrogens is 3. The Morgan fingerprint density at radius 1 is 1.36 bits per heavy atom. The summed E-state index contributed by atoms with van der Waals surface area (Å²) >= 11 is 0. The van der Waals surface area contributed by atoms with E-state index < -0.39 is 28.6 Å². The molecule has 4 fully saturated rings. The van der Waals surface area contributed by atoms with Crippen molar-refractivity contribution in [1.29, 1.82) is 0 Å². The van der Waals surface area contributed by atoms with E-state index in [2.05, 4.69) is 10.4 Å². The molecule has 2 aromatic rings. The van der Waals surface area contributed by atoms with Crippen molar-refractivity contribution in [3.63, 3.8) is 0 Å². The third-order valence-corrected chi connectivity index (χ3v) is 6.83. The number of nitrogens with zero attached hydrogens (tertiary/aromatic N) is 4. The maximum absolute atomic E-state index is 14.6. The highest BCUT2D eigenvalue weighted by molar-refractivity contribution is 5.96. The minimum Gasteiger partial charge on any atom is -0.494 e. The summed E-state index contributed by atoms with van der Waals surface area (Å²) in [5.74, 6) is -1.45. The van der Waals surface area contributed by atoms with Crippen LogP contribution in [0.5, 0.6) is 5.88 Å². The minimum absolute atomic E-state index is 0.0234. The zero-order valence-electron chi connectivity index (χ0n) is 17.9. The third-order valence-electron chi connectivity index (χ3n) is 6.83. The standard InChI is InChI=1S/C22H24FN5O5/c23-22(5-6-22)11-27-16-7-13(3-4-17(29)26-9-15-8-14(26)10-33-15)25-28(16)21(32)18(20(27)31)19(30)24-12-1-2-12/h3-4,7,12,14-15,31H,1-2,5-6,8-11H2,(H,24,30)/b4-3+/t14-,15-/m0/s1. The number of aromatic hydroxyl groups is 1. The Bertz CT molecular complexity index is 1260. The fourth-order valence-corrected chi connectivity index (χ4v) is 4.60. The van der Waals surface area contributed by atoms with Gasteiger partial charge in [0.1, 0.15) is 11.3 Å². The van der Waals surface area contributed by atoms with Crippen LogP contribution < -0.4 is 10.9 Å². The van der Waals surface area contributed by atoms with E-state index in [0.717, 1.165) is 23.8 Å². The lowest BCUT2D eigenvalue weighted by Gasteiger charge is -2.25. The lowest BCUT2D eigenvalue weighted by atomic mass is 10.2. The van der Waals surface area contributed by atoms with E-state index in [-0.39, 0.29) is 42.0 Å². The fourth-order valence-electron chi connectivity index (χ4n) is 4.60. The van der Waals surface area contributed by atoms with Crippen molar-refractivity contribution in [2.24, 2.45) is 0 Å². The van der Waals surface area contributed by atoms with Gasteiger partial charge in [0.15, 0.2) is 5.56 Å². The van der Waals surface area contributed by atoms with Gasteiger partial charge in [0, 0.05) is 24.7 Å². The first-order chi connectivity index (χ1) is 15.8. The Balaban J connectivity index is 1.36. The van der Waals surface area contributed by atoms with Crippen molar-refractivity contribution < 1.29 is 23.8 Å². The van der Waals surface area contributed by atoms with E-state index in [1.807, 2.05) is 0 Å². The van der Waals surface area contributed by atoms with Crippen LogP contribution in [0.15, 0.2) is 16.9 Å². The molecule has 2 amide bonds. The number of amides is 2. The van der Waals surface area contributed by atoms with Gasteiger partial charge in [-0.3, -0.25) is 19.0 Å². The van der Waals surface area contributed by atoms with Crippen LogP contribution in [0, 0.1) is 0 Å². The summed E-state index contributed by atoms with van der Waals surface area (Å²) in [4.78, 5) is 40.0. The van der Waals surface area contributed by atoms with Crippen molar-refractivity contribution in [2.75, 3.05) is 13.2 Å². The molecule has 174 valence electrons. The summed E-state index contributed by atoms with van der Waals surface area (Å²) in [6.07, 6.45) is 6.09. The molecule has 2 aromatic heterocycles. The van der Waals surface area contributed by atoms with Crippen LogP contribution in [0.4, 0.5) is 4.39 Å². The van der Waals surface area contributed by atoms with Gasteiger partial charge in [-0.05, 0) is 38.2 Å². The average Bonchev–Trinajstić information content (AvgIpc) is 3.57. The number of hydrogen-bond acceptors (Lipinski definition) is 6. The normalized spacial score (nSPS) is 25.3. The molecule has 2 aliphatic carbocycles. The Morgan fingerprint density at radius 2 is 2.15 bits per heavy atom. The Labute approximate surface area is 187 Å². The van der Waals surface area contributed by atoms with Gasteiger partial charge in [0.2, 0.25) is 11.8 Å². The maximum atomic E-state index is 14.6. The SMILES string of the molecule is O=C(NC1CC1)c1c(O)n(CC2(F)CC2)c2cc(/C=C/C(=O)N3C[C@@H]4C[C@H]3CO4)nn2c1=O. The van der Waals surface area contributed by atoms with Crippen molar-refractivity contribution >= 4 is 23.5 Å². The number of ether oxygens (including phenoxy) is 1. The highest BCUT2D eigenvalue weighted by atomic mass is 19.1. The van der Waals surface area contributed by atoms with Crippen LogP contribution >= 0.6 is 0 Å². The summed E-state index contributed by atoms with van der Waals surface area (Å²) in [6, 6.07) is 1.55. The van der Waals surface area contributed by atoms with E-state index in [1.165, 1.54) is 22.8 Å². The first kappa shape index (κ1) is 20.4. The van der Waals surface area contributed by atoms with Crippen LogP contribution in [0.3, 0.4) is 0 Å². The van der Waals surface area contributed by atoms with Crippen molar-refractivity contribution in [1.82, 2.24) is 24.4 Å². The molecule has 6 rings (SSSR count). The van der Waals surface area contributed by atoms with E-state index in [1.54, 1.807) is 4.90 Å². The molecule has 2 N–H and O–H groups in total. The molecule has 0 radical (unpaired) electrons. The summed E-state index contributed by atoms with van der Waals surface area (Å²) in [5.41, 5.74) is -2.30. The molecule has 0 unspecified atom stereocenters. The van der Waals surface area contributed by atoms with Crippen LogP contribution in [0.25, 0.3) is 11.7 Å². The second kappa shape index (κ2) is 7.14. The molecular weight excluding hydrogens is 433 g/mol. The molecule has 2 atom stereocenters. The van der Waals surface area contributed by atoms with Gasteiger partial charge in [-0.15, -0.1) is 0 Å². The summed E-state index contributed by atoms with van der Waals surface area (Å²) in [5, 5.41) is 17.7. The molecule has 0 spiro atoms. The van der Waals surface area contributed by atoms with Crippen LogP contribution in [0.1, 0.15) is 48.2 Å². The molecule has 33 heavy (non-hydrogen) atoms. The fraction of sp³-hybridized carbons (Fsp3) is 0.545. The molecule has 4 aliphatic rings. The number of rotatable bonds is 6. The number of fused-ring (bicyclic) bond motifs is 3. The predicted molar refractivity (Wildman–Crippen MR) is 114 cm³/mol. The number of likely N-dealkylation sites (tertiary alicyclic amines) is 1. The van der Waals surface area contributed by atoms with Crippen LogP contribution in [-0.4, -0.2) is 73.0 Å². The van der Waals surface area contributed by atoms with Crippen molar-refractivity contribution in [2.45, 2.75) is 62.5 Å². The molecule has 2 saturated heterocycles. The Hall–Kier alpha value is -3.21. The van der Waals surface area contributed by atoms with E-state index in [0.29, 0.717) is 26.0 Å². The quantitative estimate of drug-likeness (QED) is 0.614. The molecule has 2 bridgehead atoms. The Kier molecular flexibility index (Phi) is 4.42. The second-order valence-corrected chi connectivity index (χ2v) is 9.50. The largest absolute Gasteiger partial charge is 0.494 e. The van der Waals surface area contributed by atoms with E-state index in [4.69, 9.17) is 4.74 Å². The highest BCUT2D eigenvalue weighted by Gasteiger charge is 2.45. The van der Waals surface area contributed by atoms with Gasteiger partial charge in [-0.2, -0.15) is 9.61 Å². The number of carbonyl (C=O) groups is 2. The molecule has 0 aromatic carbocycles. The van der Waals surface area contributed by atoms with Gasteiger partial charge < -0.3 is 20.1 Å². The average molecular weight is 457 g/mol. The zero-order valence-corrected chi connectivity index (χ0v) is 17.9. The number of nitrogens with one attached hydrogen (secondary N) is 1.